The molecule has 0 spiro atoms. The average molecular weight is 455 g/mol. The first kappa shape index (κ1) is 21.9. The fourth-order valence-corrected chi connectivity index (χ4v) is 4.54. The Kier molecular flexibility index (Phi) is 5.27. The van der Waals surface area contributed by atoms with E-state index in [1.807, 2.05) is 49.2 Å². The molecule has 3 aliphatic rings. The molecule has 2 aliphatic heterocycles. The smallest absolute Gasteiger partial charge is 0.262 e. The topological polar surface area (TPSA) is 79.7 Å². The molecule has 1 atom stereocenters. The highest BCUT2D eigenvalue weighted by Gasteiger charge is 2.47. The highest BCUT2D eigenvalue weighted by atomic mass is 16.2. The van der Waals surface area contributed by atoms with Crippen LogP contribution in [-0.2, 0) is 11.8 Å². The molecule has 3 heterocycles. The SMILES string of the molecule is C=C1C(C)=CC(N2C(=O)C(=C(N)C3CC3)C(=Nc3ccnn3C)C2c2ccc(C)cc2)=CN1C. The lowest BCUT2D eigenvalue weighted by molar-refractivity contribution is -0.124. The Balaban J connectivity index is 1.76. The molecule has 1 amide bonds. The van der Waals surface area contributed by atoms with Gasteiger partial charge in [0.25, 0.3) is 5.91 Å². The summed E-state index contributed by atoms with van der Waals surface area (Å²) in [5, 5.41) is 4.27. The fraction of sp³-hybridized carbons (Fsp3) is 0.296. The Hall–Kier alpha value is -3.87. The van der Waals surface area contributed by atoms with Crippen LogP contribution >= 0.6 is 0 Å². The van der Waals surface area contributed by atoms with Crippen LogP contribution in [0.1, 0.15) is 36.9 Å². The van der Waals surface area contributed by atoms with E-state index in [-0.39, 0.29) is 11.8 Å². The molecule has 1 aliphatic carbocycles. The molecular weight excluding hydrogens is 424 g/mol. The van der Waals surface area contributed by atoms with Crippen LogP contribution in [0.15, 0.2) is 88.6 Å². The van der Waals surface area contributed by atoms with Gasteiger partial charge in [0, 0.05) is 37.8 Å². The van der Waals surface area contributed by atoms with Crippen molar-refractivity contribution in [1.29, 1.82) is 0 Å². The van der Waals surface area contributed by atoms with Crippen molar-refractivity contribution in [2.45, 2.75) is 32.7 Å². The minimum atomic E-state index is -0.412. The lowest BCUT2D eigenvalue weighted by Gasteiger charge is -2.31. The van der Waals surface area contributed by atoms with Gasteiger partial charge in [0.15, 0.2) is 5.82 Å². The molecular formula is C27H30N6O. The number of likely N-dealkylation sites (tertiary alicyclic amines) is 1. The summed E-state index contributed by atoms with van der Waals surface area (Å²) in [6.07, 6.45) is 7.67. The number of benzene rings is 1. The van der Waals surface area contributed by atoms with E-state index in [1.54, 1.807) is 10.9 Å². The molecule has 2 fully saturated rings. The quantitative estimate of drug-likeness (QED) is 0.701. The minimum absolute atomic E-state index is 0.118. The van der Waals surface area contributed by atoms with Gasteiger partial charge >= 0.3 is 0 Å². The molecule has 34 heavy (non-hydrogen) atoms. The molecule has 5 rings (SSSR count). The first-order valence-electron chi connectivity index (χ1n) is 11.5. The molecule has 0 bridgehead atoms. The van der Waals surface area contributed by atoms with Crippen molar-refractivity contribution in [1.82, 2.24) is 19.6 Å². The predicted octanol–water partition coefficient (Wildman–Crippen LogP) is 4.25. The first-order chi connectivity index (χ1) is 16.3. The molecule has 7 nitrogen and oxygen atoms in total. The van der Waals surface area contributed by atoms with Gasteiger partial charge in [-0.15, -0.1) is 0 Å². The zero-order chi connectivity index (χ0) is 24.1. The van der Waals surface area contributed by atoms with E-state index in [0.29, 0.717) is 22.8 Å². The lowest BCUT2D eigenvalue weighted by atomic mass is 9.97. The fourth-order valence-electron chi connectivity index (χ4n) is 4.54. The van der Waals surface area contributed by atoms with E-state index in [1.165, 1.54) is 0 Å². The number of nitrogens with two attached hydrogens (primary N) is 1. The number of hydrogen-bond acceptors (Lipinski definition) is 5. The van der Waals surface area contributed by atoms with E-state index >= 15 is 0 Å². The van der Waals surface area contributed by atoms with Gasteiger partial charge in [-0.25, -0.2) is 4.99 Å². The Morgan fingerprint density at radius 3 is 2.44 bits per heavy atom. The van der Waals surface area contributed by atoms with Crippen molar-refractivity contribution in [3.8, 4) is 0 Å². The second-order valence-electron chi connectivity index (χ2n) is 9.34. The highest BCUT2D eigenvalue weighted by Crippen LogP contribution is 2.44. The molecule has 174 valence electrons. The second kappa shape index (κ2) is 8.17. The van der Waals surface area contributed by atoms with Gasteiger partial charge in [0.05, 0.1) is 23.2 Å². The number of nitrogens with zero attached hydrogens (tertiary/aromatic N) is 5. The maximum Gasteiger partial charge on any atom is 0.262 e. The number of aliphatic imine (C=N–C) groups is 1. The number of amides is 1. The van der Waals surface area contributed by atoms with E-state index in [4.69, 9.17) is 10.7 Å². The number of aryl methyl sites for hydroxylation is 2. The maximum absolute atomic E-state index is 14.1. The third-order valence-electron chi connectivity index (χ3n) is 6.78. The summed E-state index contributed by atoms with van der Waals surface area (Å²) in [5.41, 5.74) is 13.3. The normalized spacial score (nSPS) is 23.5. The maximum atomic E-state index is 14.1. The van der Waals surface area contributed by atoms with Crippen molar-refractivity contribution >= 4 is 17.4 Å². The second-order valence-corrected chi connectivity index (χ2v) is 9.34. The predicted molar refractivity (Wildman–Crippen MR) is 134 cm³/mol. The van der Waals surface area contributed by atoms with Crippen LogP contribution in [-0.4, -0.2) is 38.2 Å². The Bertz CT molecular complexity index is 1300. The molecule has 0 radical (unpaired) electrons. The van der Waals surface area contributed by atoms with Crippen LogP contribution < -0.4 is 5.73 Å². The van der Waals surface area contributed by atoms with Crippen LogP contribution in [0.4, 0.5) is 5.82 Å². The van der Waals surface area contributed by atoms with Crippen molar-refractivity contribution in [2.75, 3.05) is 7.05 Å². The van der Waals surface area contributed by atoms with Gasteiger partial charge in [-0.2, -0.15) is 5.10 Å². The van der Waals surface area contributed by atoms with Gasteiger partial charge in [0.1, 0.15) is 6.04 Å². The average Bonchev–Trinajstić information content (AvgIpc) is 3.52. The minimum Gasteiger partial charge on any atom is -0.401 e. The highest BCUT2D eigenvalue weighted by molar-refractivity contribution is 6.30. The van der Waals surface area contributed by atoms with E-state index in [2.05, 4.69) is 42.9 Å². The van der Waals surface area contributed by atoms with Gasteiger partial charge in [-0.1, -0.05) is 36.4 Å². The van der Waals surface area contributed by atoms with Gasteiger partial charge in [0.2, 0.25) is 0 Å². The van der Waals surface area contributed by atoms with E-state index < -0.39 is 6.04 Å². The number of hydrogen-bond donors (Lipinski definition) is 1. The van der Waals surface area contributed by atoms with E-state index in [0.717, 1.165) is 40.9 Å². The van der Waals surface area contributed by atoms with Crippen LogP contribution in [0.5, 0.6) is 0 Å². The number of allylic oxidation sites excluding steroid dienone is 3. The number of aromatic nitrogens is 2. The molecule has 7 heteroatoms. The molecule has 2 N–H and O–H groups in total. The van der Waals surface area contributed by atoms with Gasteiger partial charge in [-0.3, -0.25) is 14.4 Å². The monoisotopic (exact) mass is 454 g/mol. The van der Waals surface area contributed by atoms with E-state index in [9.17, 15) is 4.79 Å². The van der Waals surface area contributed by atoms with Gasteiger partial charge < -0.3 is 10.6 Å². The lowest BCUT2D eigenvalue weighted by Crippen LogP contribution is -2.31. The summed E-state index contributed by atoms with van der Waals surface area (Å²) in [4.78, 5) is 22.9. The third-order valence-corrected chi connectivity index (χ3v) is 6.78. The number of likely N-dealkylation sites (N-methyl/N-ethyl adjacent to an activating group) is 1. The molecule has 1 saturated heterocycles. The summed E-state index contributed by atoms with van der Waals surface area (Å²) in [7, 11) is 3.79. The summed E-state index contributed by atoms with van der Waals surface area (Å²) in [6, 6.07) is 9.70. The van der Waals surface area contributed by atoms with Crippen LogP contribution in [0.3, 0.4) is 0 Å². The standard InChI is InChI=1S/C27H30N6O/c1-16-6-8-20(9-7-16)26-25(30-22-12-13-29-32(22)5)23(24(28)19-10-11-19)27(34)33(26)21-14-17(2)18(3)31(4)15-21/h6-9,12-15,19,26H,3,10-11,28H2,1-2,4-5H3. The molecule has 1 unspecified atom stereocenters. The Morgan fingerprint density at radius 2 is 1.85 bits per heavy atom. The summed E-state index contributed by atoms with van der Waals surface area (Å²) >= 11 is 0. The van der Waals surface area contributed by atoms with Crippen molar-refractivity contribution in [3.05, 3.63) is 94.7 Å². The number of carbonyl (C=O) groups excluding carboxylic acids is 1. The molecule has 1 saturated carbocycles. The summed E-state index contributed by atoms with van der Waals surface area (Å²) in [6.45, 7) is 8.20. The van der Waals surface area contributed by atoms with Crippen LogP contribution in [0.25, 0.3) is 0 Å². The summed E-state index contributed by atoms with van der Waals surface area (Å²) in [5.74, 6) is 0.791. The van der Waals surface area contributed by atoms with Crippen molar-refractivity contribution in [2.24, 2.45) is 23.7 Å². The zero-order valence-electron chi connectivity index (χ0n) is 20.1. The van der Waals surface area contributed by atoms with Crippen LogP contribution in [0.2, 0.25) is 0 Å². The van der Waals surface area contributed by atoms with Crippen LogP contribution in [0, 0.1) is 12.8 Å². The summed E-state index contributed by atoms with van der Waals surface area (Å²) < 4.78 is 1.71. The Labute approximate surface area is 200 Å². The van der Waals surface area contributed by atoms with Gasteiger partial charge in [-0.05, 0) is 49.8 Å². The number of carbonyl (C=O) groups is 1. The third kappa shape index (κ3) is 3.67. The largest absolute Gasteiger partial charge is 0.401 e. The zero-order valence-corrected chi connectivity index (χ0v) is 20.1. The van der Waals surface area contributed by atoms with Crippen molar-refractivity contribution < 1.29 is 4.79 Å². The number of rotatable bonds is 4. The van der Waals surface area contributed by atoms with Crippen molar-refractivity contribution in [3.63, 3.8) is 0 Å². The molecule has 1 aromatic carbocycles. The molecule has 2 aromatic rings. The molecule has 1 aromatic heterocycles. The Morgan fingerprint density at radius 1 is 1.15 bits per heavy atom. The first-order valence-corrected chi connectivity index (χ1v) is 11.5.